The van der Waals surface area contributed by atoms with Crippen LogP contribution in [-0.4, -0.2) is 13.2 Å². The summed E-state index contributed by atoms with van der Waals surface area (Å²) in [7, 11) is 0. The van der Waals surface area contributed by atoms with Crippen molar-refractivity contribution in [2.75, 3.05) is 13.2 Å². The third-order valence-electron chi connectivity index (χ3n) is 3.37. The van der Waals surface area contributed by atoms with Gasteiger partial charge in [0.05, 0.1) is 6.61 Å². The summed E-state index contributed by atoms with van der Waals surface area (Å²) in [4.78, 5) is 0. The second-order valence-corrected chi connectivity index (χ2v) is 5.15. The minimum atomic E-state index is 0.336. The van der Waals surface area contributed by atoms with Gasteiger partial charge in [-0.25, -0.2) is 0 Å². The molecule has 0 heterocycles. The summed E-state index contributed by atoms with van der Waals surface area (Å²) in [5, 5.41) is 3.44. The number of nitrogens with one attached hydrogen (secondary N) is 1. The van der Waals surface area contributed by atoms with Crippen LogP contribution >= 0.6 is 0 Å². The molecule has 0 aliphatic heterocycles. The first-order valence-corrected chi connectivity index (χ1v) is 7.05. The Hall–Kier alpha value is -1.02. The molecule has 1 N–H and O–H groups in total. The average molecular weight is 249 g/mol. The molecule has 0 aromatic heterocycles. The highest BCUT2D eigenvalue weighted by atomic mass is 16.5. The van der Waals surface area contributed by atoms with E-state index in [1.54, 1.807) is 0 Å². The van der Waals surface area contributed by atoms with Crippen molar-refractivity contribution in [1.82, 2.24) is 5.32 Å². The lowest BCUT2D eigenvalue weighted by molar-refractivity contribution is 0.252. The monoisotopic (exact) mass is 249 g/mol. The fourth-order valence-corrected chi connectivity index (χ4v) is 1.89. The fourth-order valence-electron chi connectivity index (χ4n) is 1.89. The summed E-state index contributed by atoms with van der Waals surface area (Å²) >= 11 is 0. The molecular weight excluding hydrogens is 222 g/mol. The van der Waals surface area contributed by atoms with E-state index < -0.39 is 0 Å². The van der Waals surface area contributed by atoms with E-state index in [2.05, 4.69) is 58.1 Å². The topological polar surface area (TPSA) is 21.3 Å². The lowest BCUT2D eigenvalue weighted by Crippen LogP contribution is -2.19. The molecule has 18 heavy (non-hydrogen) atoms. The van der Waals surface area contributed by atoms with Crippen LogP contribution in [0.5, 0.6) is 5.75 Å². The Balaban J connectivity index is 2.82. The molecule has 2 heteroatoms. The van der Waals surface area contributed by atoms with E-state index in [1.807, 2.05) is 0 Å². The first-order valence-electron chi connectivity index (χ1n) is 7.05. The van der Waals surface area contributed by atoms with Gasteiger partial charge in [0.15, 0.2) is 0 Å². The Labute approximate surface area is 112 Å². The van der Waals surface area contributed by atoms with Gasteiger partial charge < -0.3 is 10.1 Å². The van der Waals surface area contributed by atoms with Crippen LogP contribution in [-0.2, 0) is 0 Å². The van der Waals surface area contributed by atoms with Gasteiger partial charge in [-0.2, -0.15) is 0 Å². The molecule has 0 saturated carbocycles. The van der Waals surface area contributed by atoms with Gasteiger partial charge >= 0.3 is 0 Å². The second-order valence-electron chi connectivity index (χ2n) is 5.15. The number of aryl methyl sites for hydroxylation is 1. The average Bonchev–Trinajstić information content (AvgIpc) is 2.36. The Morgan fingerprint density at radius 3 is 2.56 bits per heavy atom. The summed E-state index contributed by atoms with van der Waals surface area (Å²) in [6, 6.07) is 6.81. The van der Waals surface area contributed by atoms with Gasteiger partial charge in [-0.3, -0.25) is 0 Å². The largest absolute Gasteiger partial charge is 0.493 e. The molecule has 0 bridgehead atoms. The standard InChI is InChI=1S/C16H27NO/c1-6-12(3)11-18-16-10-13(4)8-9-15(16)14(5)17-7-2/h8-10,12,14,17H,6-7,11H2,1-5H3. The zero-order valence-electron chi connectivity index (χ0n) is 12.4. The molecule has 0 saturated heterocycles. The van der Waals surface area contributed by atoms with Crippen LogP contribution in [0.15, 0.2) is 18.2 Å². The molecule has 1 aromatic rings. The molecule has 2 nitrogen and oxygen atoms in total. The summed E-state index contributed by atoms with van der Waals surface area (Å²) in [6.07, 6.45) is 1.16. The smallest absolute Gasteiger partial charge is 0.124 e. The molecule has 1 aromatic carbocycles. The van der Waals surface area contributed by atoms with Crippen molar-refractivity contribution in [2.45, 2.75) is 47.1 Å². The SMILES string of the molecule is CCNC(C)c1ccc(C)cc1OCC(C)CC. The predicted octanol–water partition coefficient (Wildman–Crippen LogP) is 4.09. The van der Waals surface area contributed by atoms with E-state index in [0.717, 1.165) is 25.3 Å². The molecule has 0 radical (unpaired) electrons. The molecule has 2 unspecified atom stereocenters. The lowest BCUT2D eigenvalue weighted by Gasteiger charge is -2.19. The molecular formula is C16H27NO. The highest BCUT2D eigenvalue weighted by Gasteiger charge is 2.11. The maximum atomic E-state index is 6.00. The Morgan fingerprint density at radius 1 is 1.22 bits per heavy atom. The third-order valence-corrected chi connectivity index (χ3v) is 3.37. The summed E-state index contributed by atoms with van der Waals surface area (Å²) in [5.74, 6) is 1.64. The Morgan fingerprint density at radius 2 is 1.94 bits per heavy atom. The van der Waals surface area contributed by atoms with Gasteiger partial charge in [-0.15, -0.1) is 0 Å². The highest BCUT2D eigenvalue weighted by Crippen LogP contribution is 2.27. The van der Waals surface area contributed by atoms with Crippen molar-refractivity contribution < 1.29 is 4.74 Å². The number of hydrogen-bond acceptors (Lipinski definition) is 2. The number of rotatable bonds is 7. The first kappa shape index (κ1) is 15.0. The predicted molar refractivity (Wildman–Crippen MR) is 78.2 cm³/mol. The minimum Gasteiger partial charge on any atom is -0.493 e. The number of benzene rings is 1. The second kappa shape index (κ2) is 7.42. The van der Waals surface area contributed by atoms with Gasteiger partial charge in [0.25, 0.3) is 0 Å². The quantitative estimate of drug-likeness (QED) is 0.786. The zero-order valence-corrected chi connectivity index (χ0v) is 12.4. The van der Waals surface area contributed by atoms with Crippen LogP contribution in [0.1, 0.15) is 51.3 Å². The van der Waals surface area contributed by atoms with Crippen molar-refractivity contribution in [3.8, 4) is 5.75 Å². The lowest BCUT2D eigenvalue weighted by atomic mass is 10.0. The van der Waals surface area contributed by atoms with Crippen LogP contribution in [0.4, 0.5) is 0 Å². The maximum Gasteiger partial charge on any atom is 0.124 e. The van der Waals surface area contributed by atoms with E-state index in [-0.39, 0.29) is 0 Å². The molecule has 0 aliphatic carbocycles. The molecule has 2 atom stereocenters. The molecule has 102 valence electrons. The Kier molecular flexibility index (Phi) is 6.20. The molecule has 0 spiro atoms. The van der Waals surface area contributed by atoms with Crippen LogP contribution in [0.25, 0.3) is 0 Å². The van der Waals surface area contributed by atoms with Gasteiger partial charge in [-0.1, -0.05) is 39.3 Å². The van der Waals surface area contributed by atoms with Crippen molar-refractivity contribution in [1.29, 1.82) is 0 Å². The van der Waals surface area contributed by atoms with Crippen molar-refractivity contribution in [3.05, 3.63) is 29.3 Å². The molecule has 0 amide bonds. The van der Waals surface area contributed by atoms with E-state index in [0.29, 0.717) is 12.0 Å². The summed E-state index contributed by atoms with van der Waals surface area (Å²) in [5.41, 5.74) is 2.51. The molecule has 0 fully saturated rings. The van der Waals surface area contributed by atoms with Crippen molar-refractivity contribution >= 4 is 0 Å². The van der Waals surface area contributed by atoms with Crippen molar-refractivity contribution in [3.63, 3.8) is 0 Å². The number of ether oxygens (including phenoxy) is 1. The number of hydrogen-bond donors (Lipinski definition) is 1. The normalized spacial score (nSPS) is 14.3. The molecule has 0 aliphatic rings. The van der Waals surface area contributed by atoms with Gasteiger partial charge in [0, 0.05) is 11.6 Å². The summed E-state index contributed by atoms with van der Waals surface area (Å²) in [6.45, 7) is 12.6. The van der Waals surface area contributed by atoms with E-state index in [9.17, 15) is 0 Å². The fraction of sp³-hybridized carbons (Fsp3) is 0.625. The van der Waals surface area contributed by atoms with Gasteiger partial charge in [-0.05, 0) is 37.9 Å². The third kappa shape index (κ3) is 4.34. The maximum absolute atomic E-state index is 6.00. The van der Waals surface area contributed by atoms with Crippen LogP contribution in [0.2, 0.25) is 0 Å². The summed E-state index contributed by atoms with van der Waals surface area (Å²) < 4.78 is 6.00. The van der Waals surface area contributed by atoms with Crippen molar-refractivity contribution in [2.24, 2.45) is 5.92 Å². The van der Waals surface area contributed by atoms with Crippen LogP contribution < -0.4 is 10.1 Å². The van der Waals surface area contributed by atoms with Gasteiger partial charge in [0.2, 0.25) is 0 Å². The van der Waals surface area contributed by atoms with E-state index >= 15 is 0 Å². The van der Waals surface area contributed by atoms with E-state index in [1.165, 1.54) is 11.1 Å². The van der Waals surface area contributed by atoms with Crippen LogP contribution in [0.3, 0.4) is 0 Å². The Bertz CT molecular complexity index is 362. The highest BCUT2D eigenvalue weighted by molar-refractivity contribution is 5.39. The van der Waals surface area contributed by atoms with Gasteiger partial charge in [0.1, 0.15) is 5.75 Å². The van der Waals surface area contributed by atoms with E-state index in [4.69, 9.17) is 4.74 Å². The van der Waals surface area contributed by atoms with Crippen LogP contribution in [0, 0.1) is 12.8 Å². The molecule has 1 rings (SSSR count). The first-order chi connectivity index (χ1) is 8.58. The zero-order chi connectivity index (χ0) is 13.5. The minimum absolute atomic E-state index is 0.336.